The van der Waals surface area contributed by atoms with Crippen LogP contribution >= 0.6 is 0 Å². The molecule has 3 radical (unpaired) electrons. The average Bonchev–Trinajstić information content (AvgIpc) is 3.16. The molecular weight excluding hydrogens is 1070 g/mol. The number of nitrogens with one attached hydrogen (secondary N) is 3. The largest absolute Gasteiger partial charge is 0.666 e. The zero-order valence-electron chi connectivity index (χ0n) is 35.6. The fourth-order valence-corrected chi connectivity index (χ4v) is 5.60. The molecule has 0 aliphatic carbocycles. The first kappa shape index (κ1) is 69.6. The number of aliphatic hydroxyl groups excluding tert-OH is 12. The average molecular weight is 1130 g/mol. The zero-order chi connectivity index (χ0) is 45.8. The summed E-state index contributed by atoms with van der Waals surface area (Å²) in [5.74, 6) is -3.76. The minimum Gasteiger partial charge on any atom is -0.666 e. The first-order valence-corrected chi connectivity index (χ1v) is 18.7. The van der Waals surface area contributed by atoms with Crippen LogP contribution in [0.5, 0.6) is 0 Å². The molecule has 6 unspecified atom stereocenters. The fourth-order valence-electron chi connectivity index (χ4n) is 5.60. The zero-order valence-corrected chi connectivity index (χ0v) is 44.1. The Morgan fingerprint density at radius 3 is 1.03 bits per heavy atom. The first-order valence-electron chi connectivity index (χ1n) is 18.7. The Morgan fingerprint density at radius 1 is 0.565 bits per heavy atom. The van der Waals surface area contributed by atoms with Crippen molar-refractivity contribution in [2.75, 3.05) is 59.5 Å². The van der Waals surface area contributed by atoms with Crippen LogP contribution in [-0.2, 0) is 141 Å². The predicted molar refractivity (Wildman–Crippen MR) is 200 cm³/mol. The number of hydrogen-bond acceptors (Lipinski definition) is 22. The van der Waals surface area contributed by atoms with E-state index in [1.807, 2.05) is 13.8 Å². The van der Waals surface area contributed by atoms with Crippen LogP contribution < -0.4 is 5.32 Å². The van der Waals surface area contributed by atoms with Crippen molar-refractivity contribution in [2.24, 2.45) is 17.8 Å². The summed E-state index contributed by atoms with van der Waals surface area (Å²) in [6.07, 6.45) is -12.6. The molecule has 359 valence electrons. The van der Waals surface area contributed by atoms with Gasteiger partial charge in [0.25, 0.3) is 0 Å². The van der Waals surface area contributed by atoms with Crippen molar-refractivity contribution in [1.29, 1.82) is 0 Å². The van der Waals surface area contributed by atoms with Crippen LogP contribution in [-0.4, -0.2) is 224 Å². The number of carbonyl (C=O) groups is 3. The van der Waals surface area contributed by atoms with Crippen LogP contribution in [0.25, 0.3) is 11.5 Å². The van der Waals surface area contributed by atoms with Gasteiger partial charge in [-0.15, -0.1) is 0 Å². The second-order valence-electron chi connectivity index (χ2n) is 14.7. The normalized spacial score (nSPS) is 32.9. The maximum absolute atomic E-state index is 10.9. The minimum absolute atomic E-state index is 0. The van der Waals surface area contributed by atoms with Gasteiger partial charge >= 0.3 is 0 Å². The van der Waals surface area contributed by atoms with Crippen molar-refractivity contribution in [2.45, 2.75) is 120 Å². The van der Waals surface area contributed by atoms with Gasteiger partial charge in [-0.2, -0.15) is 0 Å². The maximum atomic E-state index is 10.9. The number of amides is 2. The molecule has 0 aromatic rings. The van der Waals surface area contributed by atoms with E-state index in [9.17, 15) is 45.0 Å². The van der Waals surface area contributed by atoms with Crippen molar-refractivity contribution < 1.29 is 202 Å². The maximum Gasteiger partial charge on any atom is 0.160 e. The number of aliphatic hydroxyl groups is 12. The van der Waals surface area contributed by atoms with Crippen molar-refractivity contribution in [3.8, 4) is 0 Å². The molecule has 24 nitrogen and oxygen atoms in total. The number of hydrogen-bond donors (Lipinski definition) is 13. The summed E-state index contributed by atoms with van der Waals surface area (Å²) in [6.45, 7) is 9.33. The van der Waals surface area contributed by atoms with Gasteiger partial charge in [-0.05, 0) is 0 Å². The van der Waals surface area contributed by atoms with Gasteiger partial charge in [0, 0.05) is 128 Å². The number of rotatable bonds is 17. The molecule has 62 heavy (non-hydrogen) atoms. The van der Waals surface area contributed by atoms with E-state index in [1.165, 1.54) is 0 Å². The fraction of sp³-hybridized carbons (Fsp3) is 0.886. The van der Waals surface area contributed by atoms with Crippen molar-refractivity contribution in [1.82, 2.24) is 5.32 Å². The number of ether oxygens (including phenoxy) is 6. The summed E-state index contributed by atoms with van der Waals surface area (Å²) in [4.78, 5) is 32.3. The Kier molecular flexibility index (Phi) is 40.5. The Hall–Kier alpha value is 1.03. The smallest absolute Gasteiger partial charge is 0.160 e. The van der Waals surface area contributed by atoms with E-state index >= 15 is 0 Å². The summed E-state index contributed by atoms with van der Waals surface area (Å²) in [6, 6.07) is -0.0142. The van der Waals surface area contributed by atoms with Crippen molar-refractivity contribution in [3.05, 3.63) is 18.4 Å². The van der Waals surface area contributed by atoms with Crippen molar-refractivity contribution in [3.63, 3.8) is 0 Å². The second kappa shape index (κ2) is 36.1. The molecule has 27 heteroatoms. The summed E-state index contributed by atoms with van der Waals surface area (Å²) >= 11 is 0. The number of Topliss-reactive ketones (excluding diaryl/α,β-unsaturated/α-hetero) is 1. The third kappa shape index (κ3) is 25.4. The molecule has 0 spiro atoms. The molecule has 2 amide bonds. The molecule has 3 fully saturated rings. The molecule has 3 heterocycles. The molecular formula is C35H66N3O21Y3-3. The van der Waals surface area contributed by atoms with Crippen LogP contribution in [0.15, 0.2) is 0 Å². The predicted octanol–water partition coefficient (Wildman–Crippen LogP) is -5.51. The summed E-state index contributed by atoms with van der Waals surface area (Å²) in [5, 5.41) is 112. The van der Waals surface area contributed by atoms with Crippen LogP contribution in [0.1, 0.15) is 34.6 Å². The number of carbonyl (C=O) groups excluding carboxylic acids is 3. The quantitative estimate of drug-likeness (QED) is 0.0604. The minimum atomic E-state index is -1.13. The summed E-state index contributed by atoms with van der Waals surface area (Å²) in [5.41, 5.74) is 12.8. The molecule has 3 aliphatic rings. The van der Waals surface area contributed by atoms with E-state index in [4.69, 9.17) is 70.5 Å². The Bertz CT molecular complexity index is 1060. The van der Waals surface area contributed by atoms with Gasteiger partial charge in [0.2, 0.25) is 0 Å². The SMILES string of the molecule is C[C@H]1C(O)[C@@H](O)C(CO)O[C@H]1O.C[C@H]1C(O)[C@@H](O)C(CO)O[C@H]1O.C[C@H]1C(O)[C@@H](O)C(CO)O[C@H]1O.[CH2-]C(=O)COCC(COCC([NH-])=O)(COCC([NH-])=O)NC(C)C.[Y].[Y].[Y]. The molecule has 15 atom stereocenters. The van der Waals surface area contributed by atoms with Gasteiger partial charge in [-0.25, -0.2) is 0 Å². The van der Waals surface area contributed by atoms with Crippen LogP contribution in [0.2, 0.25) is 0 Å². The molecule has 0 aromatic heterocycles. The molecule has 3 rings (SSSR count). The van der Waals surface area contributed by atoms with Crippen LogP contribution in [0.4, 0.5) is 0 Å². The Morgan fingerprint density at radius 2 is 0.823 bits per heavy atom. The third-order valence-electron chi connectivity index (χ3n) is 9.10. The second-order valence-corrected chi connectivity index (χ2v) is 14.7. The van der Waals surface area contributed by atoms with Crippen LogP contribution in [0.3, 0.4) is 0 Å². The van der Waals surface area contributed by atoms with Gasteiger partial charge in [0.1, 0.15) is 36.6 Å². The van der Waals surface area contributed by atoms with E-state index in [1.54, 1.807) is 20.8 Å². The monoisotopic (exact) mass is 1130 g/mol. The summed E-state index contributed by atoms with van der Waals surface area (Å²) < 4.78 is 30.1. The van der Waals surface area contributed by atoms with E-state index < -0.39 is 148 Å². The summed E-state index contributed by atoms with van der Waals surface area (Å²) in [7, 11) is 0. The molecule has 0 aromatic carbocycles. The third-order valence-corrected chi connectivity index (χ3v) is 9.10. The Balaban J connectivity index is -0.000000372. The van der Waals surface area contributed by atoms with Crippen molar-refractivity contribution >= 4 is 17.6 Å². The van der Waals surface area contributed by atoms with E-state index in [0.29, 0.717) is 0 Å². The molecule has 3 aliphatic heterocycles. The molecule has 0 saturated carbocycles. The van der Waals surface area contributed by atoms with Crippen LogP contribution in [0, 0.1) is 24.7 Å². The van der Waals surface area contributed by atoms with E-state index in [0.717, 1.165) is 0 Å². The van der Waals surface area contributed by atoms with Gasteiger partial charge in [0.05, 0.1) is 95.1 Å². The van der Waals surface area contributed by atoms with Gasteiger partial charge in [-0.3, -0.25) is 0 Å². The topological polar surface area (TPSA) is 409 Å². The first-order chi connectivity index (χ1) is 27.4. The standard InChI is InChI=1S/C14H26N3O6.3C7H14O5.3Y/c1-10(2)17-14(7-21-4-11(3)18,8-22-5-12(15)19)9-23-6-13(16)20;3*1-3-5(9)6(10)4(2-8)12-7(3)11;;;/h10,17H,3-9H2,1-2H3,(H4,15,16,19,20);3*3-11H,2H2,1H3;;;/q-1;;;;;;/p-2/t;3*3-,4?,5?,6-,7+;;;/m.000.../s1. The van der Waals surface area contributed by atoms with E-state index in [2.05, 4.69) is 12.2 Å². The number of ketones is 1. The molecule has 0 bridgehead atoms. The molecule has 15 N–H and O–H groups in total. The molecule has 3 saturated heterocycles. The van der Waals surface area contributed by atoms with Gasteiger partial charge < -0.3 is 128 Å². The van der Waals surface area contributed by atoms with E-state index in [-0.39, 0.29) is 131 Å². The Labute approximate surface area is 436 Å². The van der Waals surface area contributed by atoms with Gasteiger partial charge in [-0.1, -0.05) is 34.6 Å². The van der Waals surface area contributed by atoms with Gasteiger partial charge in [0.15, 0.2) is 18.9 Å².